The van der Waals surface area contributed by atoms with Gasteiger partial charge < -0.3 is 16.8 Å². The first-order chi connectivity index (χ1) is 9.01. The average molecular weight is 324 g/mol. The maximum atomic E-state index is 11.3. The van der Waals surface area contributed by atoms with E-state index in [1.807, 2.05) is 13.1 Å². The number of hydrogen-bond donors (Lipinski definition) is 3. The third kappa shape index (κ3) is 2.87. The van der Waals surface area contributed by atoms with Crippen molar-refractivity contribution in [3.63, 3.8) is 0 Å². The van der Waals surface area contributed by atoms with Gasteiger partial charge in [0.15, 0.2) is 0 Å². The predicted octanol–water partition coefficient (Wildman–Crippen LogP) is 2.09. The smallest absolute Gasteiger partial charge is 0.250 e. The first-order valence-corrected chi connectivity index (χ1v) is 6.49. The number of aryl methyl sites for hydroxylation is 1. The molecule has 1 heterocycles. The number of amides is 1. The lowest BCUT2D eigenvalue weighted by Gasteiger charge is -2.10. The zero-order chi connectivity index (χ0) is 14.0. The molecule has 0 aliphatic carbocycles. The molecule has 0 spiro atoms. The molecule has 6 nitrogen and oxygen atoms in total. The molecule has 2 rings (SSSR count). The Kier molecular flexibility index (Phi) is 3.75. The number of aromatic nitrogens is 2. The van der Waals surface area contributed by atoms with Gasteiger partial charge in [0.1, 0.15) is 0 Å². The number of carbonyl (C=O) groups excluding carboxylic acids is 1. The summed E-state index contributed by atoms with van der Waals surface area (Å²) in [7, 11) is 0. The first kappa shape index (κ1) is 13.4. The minimum absolute atomic E-state index is 0.286. The predicted molar refractivity (Wildman–Crippen MR) is 78.3 cm³/mol. The average Bonchev–Trinajstić information content (AvgIpc) is 2.80. The summed E-state index contributed by atoms with van der Waals surface area (Å²) in [4.78, 5) is 11.3. The van der Waals surface area contributed by atoms with Gasteiger partial charge in [-0.15, -0.1) is 0 Å². The minimum Gasteiger partial charge on any atom is -0.398 e. The number of rotatable bonds is 4. The fraction of sp³-hybridized carbons (Fsp3) is 0.167. The van der Waals surface area contributed by atoms with Gasteiger partial charge >= 0.3 is 0 Å². The van der Waals surface area contributed by atoms with Gasteiger partial charge in [-0.25, -0.2) is 0 Å². The zero-order valence-corrected chi connectivity index (χ0v) is 11.9. The quantitative estimate of drug-likeness (QED) is 0.750. The van der Waals surface area contributed by atoms with Gasteiger partial charge in [-0.1, -0.05) is 0 Å². The van der Waals surface area contributed by atoms with Crippen molar-refractivity contribution in [2.45, 2.75) is 13.5 Å². The van der Waals surface area contributed by atoms with Crippen LogP contribution in [0.1, 0.15) is 17.3 Å². The van der Waals surface area contributed by atoms with Crippen molar-refractivity contribution in [3.8, 4) is 0 Å². The molecular formula is C12H14BrN5O. The first-order valence-electron chi connectivity index (χ1n) is 5.69. The molecule has 0 unspecified atom stereocenters. The molecule has 0 aliphatic rings. The van der Waals surface area contributed by atoms with E-state index >= 15 is 0 Å². The molecule has 1 amide bonds. The molecular weight excluding hydrogens is 310 g/mol. The molecule has 19 heavy (non-hydrogen) atoms. The Morgan fingerprint density at radius 1 is 1.53 bits per heavy atom. The van der Waals surface area contributed by atoms with Crippen molar-refractivity contribution in [1.29, 1.82) is 0 Å². The fourth-order valence-electron chi connectivity index (χ4n) is 1.65. The number of nitrogen functional groups attached to an aromatic ring is 1. The lowest BCUT2D eigenvalue weighted by atomic mass is 10.1. The molecule has 1 aromatic carbocycles. The van der Waals surface area contributed by atoms with Crippen LogP contribution in [0.25, 0.3) is 0 Å². The van der Waals surface area contributed by atoms with Gasteiger partial charge in [0.2, 0.25) is 0 Å². The summed E-state index contributed by atoms with van der Waals surface area (Å²) in [6.07, 6.45) is 3.57. The van der Waals surface area contributed by atoms with E-state index in [-0.39, 0.29) is 5.56 Å². The van der Waals surface area contributed by atoms with Crippen molar-refractivity contribution in [2.24, 2.45) is 5.73 Å². The number of nitrogens with two attached hydrogens (primary N) is 2. The van der Waals surface area contributed by atoms with Crippen LogP contribution in [0.2, 0.25) is 0 Å². The van der Waals surface area contributed by atoms with Crippen LogP contribution in [0.15, 0.2) is 29.0 Å². The van der Waals surface area contributed by atoms with Gasteiger partial charge in [-0.2, -0.15) is 5.10 Å². The van der Waals surface area contributed by atoms with E-state index in [0.717, 1.165) is 16.7 Å². The Labute approximate surface area is 118 Å². The molecule has 2 aromatic rings. The van der Waals surface area contributed by atoms with E-state index in [1.165, 1.54) is 0 Å². The van der Waals surface area contributed by atoms with E-state index in [1.54, 1.807) is 23.0 Å². The maximum absolute atomic E-state index is 11.3. The number of halogens is 1. The van der Waals surface area contributed by atoms with Crippen molar-refractivity contribution in [3.05, 3.63) is 34.6 Å². The molecule has 0 atom stereocenters. The monoisotopic (exact) mass is 323 g/mol. The second-order valence-electron chi connectivity index (χ2n) is 3.99. The van der Waals surface area contributed by atoms with E-state index < -0.39 is 5.91 Å². The number of nitrogens with one attached hydrogen (secondary N) is 1. The Morgan fingerprint density at radius 3 is 2.84 bits per heavy atom. The van der Waals surface area contributed by atoms with Crippen LogP contribution in [0, 0.1) is 0 Å². The van der Waals surface area contributed by atoms with Crippen LogP contribution in [-0.4, -0.2) is 15.7 Å². The van der Waals surface area contributed by atoms with Crippen molar-refractivity contribution in [1.82, 2.24) is 9.78 Å². The maximum Gasteiger partial charge on any atom is 0.250 e. The Morgan fingerprint density at radius 2 is 2.26 bits per heavy atom. The molecule has 0 fully saturated rings. The highest BCUT2D eigenvalue weighted by Crippen LogP contribution is 2.30. The highest BCUT2D eigenvalue weighted by Gasteiger charge is 2.11. The van der Waals surface area contributed by atoms with Gasteiger partial charge in [-0.3, -0.25) is 9.48 Å². The van der Waals surface area contributed by atoms with Gasteiger partial charge in [0.25, 0.3) is 5.91 Å². The standard InChI is InChI=1S/C12H14BrN5O/c1-2-18-6-7(5-16-18)17-11-3-8(12(15)19)10(14)4-9(11)13/h3-6,17H,2,14H2,1H3,(H2,15,19). The van der Waals surface area contributed by atoms with Gasteiger partial charge in [0, 0.05) is 22.9 Å². The van der Waals surface area contributed by atoms with E-state index in [0.29, 0.717) is 11.4 Å². The zero-order valence-electron chi connectivity index (χ0n) is 10.4. The number of primary amides is 1. The minimum atomic E-state index is -0.558. The molecule has 5 N–H and O–H groups in total. The number of carbonyl (C=O) groups is 1. The van der Waals surface area contributed by atoms with Gasteiger partial charge in [-0.05, 0) is 35.0 Å². The van der Waals surface area contributed by atoms with Gasteiger partial charge in [0.05, 0.1) is 23.1 Å². The Balaban J connectivity index is 2.34. The summed E-state index contributed by atoms with van der Waals surface area (Å²) in [6.45, 7) is 2.79. The molecule has 100 valence electrons. The largest absolute Gasteiger partial charge is 0.398 e. The normalized spacial score (nSPS) is 10.4. The summed E-state index contributed by atoms with van der Waals surface area (Å²) >= 11 is 3.39. The second kappa shape index (κ2) is 5.31. The van der Waals surface area contributed by atoms with Crippen LogP contribution in [-0.2, 0) is 6.54 Å². The molecule has 0 bridgehead atoms. The highest BCUT2D eigenvalue weighted by atomic mass is 79.9. The van der Waals surface area contributed by atoms with Crippen LogP contribution >= 0.6 is 15.9 Å². The number of nitrogens with zero attached hydrogens (tertiary/aromatic N) is 2. The SMILES string of the molecule is CCn1cc(Nc2cc(C(N)=O)c(N)cc2Br)cn1. The molecule has 7 heteroatoms. The van der Waals surface area contributed by atoms with E-state index in [9.17, 15) is 4.79 Å². The lowest BCUT2D eigenvalue weighted by molar-refractivity contribution is 0.100. The number of hydrogen-bond acceptors (Lipinski definition) is 4. The molecule has 0 saturated heterocycles. The van der Waals surface area contributed by atoms with Crippen molar-refractivity contribution < 1.29 is 4.79 Å². The van der Waals surface area contributed by atoms with E-state index in [4.69, 9.17) is 11.5 Å². The third-order valence-corrected chi connectivity index (χ3v) is 3.30. The van der Waals surface area contributed by atoms with Crippen molar-refractivity contribution >= 4 is 38.9 Å². The summed E-state index contributed by atoms with van der Waals surface area (Å²) in [5.41, 5.74) is 13.2. The molecule has 0 aliphatic heterocycles. The summed E-state index contributed by atoms with van der Waals surface area (Å²) in [5, 5.41) is 7.31. The summed E-state index contributed by atoms with van der Waals surface area (Å²) < 4.78 is 2.54. The lowest BCUT2D eigenvalue weighted by Crippen LogP contribution is -2.14. The highest BCUT2D eigenvalue weighted by molar-refractivity contribution is 9.10. The fourth-order valence-corrected chi connectivity index (χ4v) is 2.11. The third-order valence-electron chi connectivity index (χ3n) is 2.64. The summed E-state index contributed by atoms with van der Waals surface area (Å²) in [6, 6.07) is 3.26. The van der Waals surface area contributed by atoms with E-state index in [2.05, 4.69) is 26.3 Å². The topological polar surface area (TPSA) is 99.0 Å². The van der Waals surface area contributed by atoms with Crippen LogP contribution < -0.4 is 16.8 Å². The molecule has 0 saturated carbocycles. The Bertz CT molecular complexity index is 623. The molecule has 1 aromatic heterocycles. The van der Waals surface area contributed by atoms with Crippen LogP contribution in [0.4, 0.5) is 17.1 Å². The number of anilines is 3. The second-order valence-corrected chi connectivity index (χ2v) is 4.85. The summed E-state index contributed by atoms with van der Waals surface area (Å²) in [5.74, 6) is -0.558. The van der Waals surface area contributed by atoms with Crippen molar-refractivity contribution in [2.75, 3.05) is 11.1 Å². The molecule has 0 radical (unpaired) electrons. The Hall–Kier alpha value is -2.02. The van der Waals surface area contributed by atoms with Crippen LogP contribution in [0.3, 0.4) is 0 Å². The van der Waals surface area contributed by atoms with Crippen LogP contribution in [0.5, 0.6) is 0 Å². The number of benzene rings is 1.